The molecular weight excluding hydrogens is 522 g/mol. The number of nitrogens with one attached hydrogen (secondary N) is 1. The molecule has 3 aromatic rings. The van der Waals surface area contributed by atoms with Gasteiger partial charge >= 0.3 is 11.8 Å². The van der Waals surface area contributed by atoms with E-state index in [1.54, 1.807) is 18.7 Å². The van der Waals surface area contributed by atoms with Gasteiger partial charge in [0.05, 0.1) is 11.0 Å². The third-order valence-corrected chi connectivity index (χ3v) is 8.09. The van der Waals surface area contributed by atoms with E-state index in [2.05, 4.69) is 22.3 Å². The lowest BCUT2D eigenvalue weighted by Crippen LogP contribution is -2.44. The second-order valence-electron chi connectivity index (χ2n) is 12.2. The summed E-state index contributed by atoms with van der Waals surface area (Å²) in [6, 6.07) is 13.5. The lowest BCUT2D eigenvalue weighted by atomic mass is 9.89. The van der Waals surface area contributed by atoms with E-state index in [9.17, 15) is 19.2 Å². The molecule has 2 aromatic carbocycles. The highest BCUT2D eigenvalue weighted by molar-refractivity contribution is 6.00. The van der Waals surface area contributed by atoms with E-state index in [-0.39, 0.29) is 24.1 Å². The van der Waals surface area contributed by atoms with Crippen molar-refractivity contribution in [3.8, 4) is 0 Å². The Morgan fingerprint density at radius 2 is 1.68 bits per heavy atom. The quantitative estimate of drug-likeness (QED) is 0.471. The van der Waals surface area contributed by atoms with Gasteiger partial charge in [0.15, 0.2) is 0 Å². The number of amides is 3. The number of hydrogen-bond acceptors (Lipinski definition) is 6. The molecule has 3 amide bonds. The fourth-order valence-electron chi connectivity index (χ4n) is 5.83. The summed E-state index contributed by atoms with van der Waals surface area (Å²) in [5.74, 6) is -0.265. The van der Waals surface area contributed by atoms with Crippen LogP contribution < -0.4 is 15.9 Å². The third kappa shape index (κ3) is 6.07. The lowest BCUT2D eigenvalue weighted by Gasteiger charge is -2.32. The van der Waals surface area contributed by atoms with Crippen LogP contribution in [0.25, 0.3) is 11.0 Å². The van der Waals surface area contributed by atoms with Crippen molar-refractivity contribution in [2.24, 2.45) is 7.05 Å². The van der Waals surface area contributed by atoms with Crippen molar-refractivity contribution in [1.29, 1.82) is 0 Å². The van der Waals surface area contributed by atoms with Crippen molar-refractivity contribution in [3.05, 3.63) is 64.1 Å². The minimum atomic E-state index is -0.680. The van der Waals surface area contributed by atoms with E-state index in [0.29, 0.717) is 17.9 Å². The van der Waals surface area contributed by atoms with E-state index in [1.807, 2.05) is 51.1 Å². The number of likely N-dealkylation sites (tertiary alicyclic amines) is 1. The number of hydrogen-bond donors (Lipinski definition) is 1. The number of imide groups is 1. The van der Waals surface area contributed by atoms with Crippen LogP contribution in [0.3, 0.4) is 0 Å². The Kier molecular flexibility index (Phi) is 7.78. The zero-order valence-corrected chi connectivity index (χ0v) is 24.5. The number of aromatic nitrogens is 2. The van der Waals surface area contributed by atoms with Crippen LogP contribution in [0.4, 0.5) is 10.5 Å². The van der Waals surface area contributed by atoms with Crippen molar-refractivity contribution in [1.82, 2.24) is 19.4 Å². The zero-order valence-electron chi connectivity index (χ0n) is 24.5. The molecule has 1 atom stereocenters. The van der Waals surface area contributed by atoms with Crippen LogP contribution in [0.15, 0.2) is 47.3 Å². The molecule has 0 aliphatic carbocycles. The summed E-state index contributed by atoms with van der Waals surface area (Å²) in [6.07, 6.45) is 2.25. The molecule has 2 aliphatic rings. The minimum Gasteiger partial charge on any atom is -0.443 e. The molecule has 218 valence electrons. The first-order valence-corrected chi connectivity index (χ1v) is 14.2. The molecular formula is C31H39N5O5. The monoisotopic (exact) mass is 561 g/mol. The first kappa shape index (κ1) is 28.6. The number of benzene rings is 2. The lowest BCUT2D eigenvalue weighted by molar-refractivity contribution is -0.135. The summed E-state index contributed by atoms with van der Waals surface area (Å²) >= 11 is 0. The van der Waals surface area contributed by atoms with Gasteiger partial charge in [-0.2, -0.15) is 0 Å². The molecule has 2 aliphatic heterocycles. The number of anilines is 1. The highest BCUT2D eigenvalue weighted by Gasteiger charge is 2.31. The number of piperidine rings is 2. The maximum atomic E-state index is 13.1. The number of imidazole rings is 1. The smallest absolute Gasteiger partial charge is 0.414 e. The number of carbonyl (C=O) groups excluding carboxylic acids is 3. The molecule has 5 rings (SSSR count). The van der Waals surface area contributed by atoms with Crippen LogP contribution in [0.2, 0.25) is 0 Å². The molecule has 1 N–H and O–H groups in total. The van der Waals surface area contributed by atoms with Crippen LogP contribution in [0.5, 0.6) is 0 Å². The number of ether oxygens (including phenoxy) is 1. The molecule has 0 spiro atoms. The second kappa shape index (κ2) is 11.2. The van der Waals surface area contributed by atoms with E-state index >= 15 is 0 Å². The Labute approximate surface area is 239 Å². The molecule has 0 saturated carbocycles. The molecule has 2 fully saturated rings. The highest BCUT2D eigenvalue weighted by atomic mass is 16.6. The molecule has 41 heavy (non-hydrogen) atoms. The van der Waals surface area contributed by atoms with Gasteiger partial charge in [-0.3, -0.25) is 33.8 Å². The van der Waals surface area contributed by atoms with Gasteiger partial charge in [-0.25, -0.2) is 9.59 Å². The summed E-state index contributed by atoms with van der Waals surface area (Å²) in [4.78, 5) is 53.5. The SMILES string of the molecule is CN(C(=O)OC(C)(C)C)c1ccc(C2CCN(Cc3ccc4c(c3)n(C)c(=O)n4C3CCC(=O)NC3=O)CC2)cc1. The molecule has 3 heterocycles. The zero-order chi connectivity index (χ0) is 29.5. The van der Waals surface area contributed by atoms with Crippen molar-refractivity contribution in [2.45, 2.75) is 70.6 Å². The largest absolute Gasteiger partial charge is 0.443 e. The van der Waals surface area contributed by atoms with Gasteiger partial charge < -0.3 is 4.74 Å². The maximum absolute atomic E-state index is 13.1. The van der Waals surface area contributed by atoms with E-state index in [4.69, 9.17) is 4.74 Å². The van der Waals surface area contributed by atoms with Crippen LogP contribution in [0, 0.1) is 0 Å². The molecule has 2 saturated heterocycles. The van der Waals surface area contributed by atoms with Crippen LogP contribution in [0.1, 0.15) is 69.5 Å². The molecule has 1 unspecified atom stereocenters. The fourth-order valence-corrected chi connectivity index (χ4v) is 5.83. The van der Waals surface area contributed by atoms with Gasteiger partial charge in [-0.05, 0) is 94.4 Å². The normalized spacial score (nSPS) is 18.9. The maximum Gasteiger partial charge on any atom is 0.414 e. The minimum absolute atomic E-state index is 0.223. The average Bonchev–Trinajstić information content (AvgIpc) is 3.17. The van der Waals surface area contributed by atoms with Gasteiger partial charge in [0.2, 0.25) is 11.8 Å². The predicted octanol–water partition coefficient (Wildman–Crippen LogP) is 4.07. The van der Waals surface area contributed by atoms with Gasteiger partial charge in [-0.15, -0.1) is 0 Å². The van der Waals surface area contributed by atoms with E-state index in [0.717, 1.165) is 49.2 Å². The average molecular weight is 562 g/mol. The standard InChI is InChI=1S/C31H39N5O5/c1-31(2,3)41-30(40)33(4)23-9-7-21(8-10-23)22-14-16-35(17-15-22)19-20-6-11-24-26(18-20)34(5)29(39)36(24)25-12-13-27(37)32-28(25)38/h6-11,18,22,25H,12-17,19H2,1-5H3,(H,32,37,38). The highest BCUT2D eigenvalue weighted by Crippen LogP contribution is 2.31. The van der Waals surface area contributed by atoms with Gasteiger partial charge in [-0.1, -0.05) is 18.2 Å². The number of nitrogens with zero attached hydrogens (tertiary/aromatic N) is 4. The number of carbonyl (C=O) groups is 3. The number of fused-ring (bicyclic) bond motifs is 1. The Morgan fingerprint density at radius 1 is 1.00 bits per heavy atom. The van der Waals surface area contributed by atoms with Crippen molar-refractivity contribution in [3.63, 3.8) is 0 Å². The summed E-state index contributed by atoms with van der Waals surface area (Å²) in [5.41, 5.74) is 3.88. The summed E-state index contributed by atoms with van der Waals surface area (Å²) in [6.45, 7) is 8.26. The number of rotatable bonds is 5. The van der Waals surface area contributed by atoms with Crippen molar-refractivity contribution < 1.29 is 19.1 Å². The van der Waals surface area contributed by atoms with Crippen LogP contribution in [-0.2, 0) is 27.9 Å². The third-order valence-electron chi connectivity index (χ3n) is 8.09. The van der Waals surface area contributed by atoms with Gasteiger partial charge in [0.1, 0.15) is 11.6 Å². The summed E-state index contributed by atoms with van der Waals surface area (Å²) < 4.78 is 8.57. The molecule has 0 bridgehead atoms. The topological polar surface area (TPSA) is 106 Å². The number of aryl methyl sites for hydroxylation is 1. The van der Waals surface area contributed by atoms with Crippen LogP contribution in [-0.4, -0.2) is 57.7 Å². The van der Waals surface area contributed by atoms with Gasteiger partial charge in [0, 0.05) is 32.7 Å². The summed E-state index contributed by atoms with van der Waals surface area (Å²) in [7, 11) is 3.44. The Morgan fingerprint density at radius 3 is 2.32 bits per heavy atom. The first-order chi connectivity index (χ1) is 19.4. The van der Waals surface area contributed by atoms with Gasteiger partial charge in [0.25, 0.3) is 0 Å². The van der Waals surface area contributed by atoms with E-state index in [1.165, 1.54) is 15.0 Å². The predicted molar refractivity (Wildman–Crippen MR) is 157 cm³/mol. The molecule has 10 heteroatoms. The second-order valence-corrected chi connectivity index (χ2v) is 12.2. The van der Waals surface area contributed by atoms with E-state index < -0.39 is 17.6 Å². The Bertz CT molecular complexity index is 1520. The van der Waals surface area contributed by atoms with Crippen LogP contribution >= 0.6 is 0 Å². The van der Waals surface area contributed by atoms with Crippen molar-refractivity contribution in [2.75, 3.05) is 25.0 Å². The summed E-state index contributed by atoms with van der Waals surface area (Å²) in [5, 5.41) is 2.35. The molecule has 1 aromatic heterocycles. The first-order valence-electron chi connectivity index (χ1n) is 14.2. The Hall–Kier alpha value is -3.92. The van der Waals surface area contributed by atoms with Crippen molar-refractivity contribution >= 4 is 34.6 Å². The fraction of sp³-hybridized carbons (Fsp3) is 0.484. The molecule has 10 nitrogen and oxygen atoms in total. The Balaban J connectivity index is 1.21. The molecule has 0 radical (unpaired) electrons.